The first-order valence-corrected chi connectivity index (χ1v) is 10.1. The summed E-state index contributed by atoms with van der Waals surface area (Å²) in [6.45, 7) is 0. The van der Waals surface area contributed by atoms with Crippen LogP contribution < -0.4 is 9.47 Å². The van der Waals surface area contributed by atoms with Gasteiger partial charge in [-0.25, -0.2) is 0 Å². The average Bonchev–Trinajstić information content (AvgIpc) is 2.73. The molecule has 1 fully saturated rings. The van der Waals surface area contributed by atoms with Crippen LogP contribution in [0.15, 0.2) is 48.5 Å². The zero-order valence-electron chi connectivity index (χ0n) is 16.2. The van der Waals surface area contributed by atoms with Gasteiger partial charge in [-0.2, -0.15) is 0 Å². The zero-order valence-corrected chi connectivity index (χ0v) is 16.2. The van der Waals surface area contributed by atoms with Crippen molar-refractivity contribution in [3.05, 3.63) is 59.7 Å². The van der Waals surface area contributed by atoms with Crippen molar-refractivity contribution < 1.29 is 9.47 Å². The van der Waals surface area contributed by atoms with Crippen molar-refractivity contribution >= 4 is 0 Å². The molecule has 0 unspecified atom stereocenters. The lowest BCUT2D eigenvalue weighted by Gasteiger charge is -2.36. The van der Waals surface area contributed by atoms with Crippen LogP contribution in [0, 0.1) is 23.0 Å². The van der Waals surface area contributed by atoms with Crippen LogP contribution in [0.25, 0.3) is 0 Å². The Morgan fingerprint density at radius 1 is 0.571 bits per heavy atom. The molecule has 0 radical (unpaired) electrons. The highest BCUT2D eigenvalue weighted by molar-refractivity contribution is 5.43. The fourth-order valence-corrected chi connectivity index (χ4v) is 4.40. The number of hydrogen-bond acceptors (Lipinski definition) is 4. The van der Waals surface area contributed by atoms with Gasteiger partial charge < -0.3 is 9.47 Å². The van der Waals surface area contributed by atoms with Gasteiger partial charge in [0.25, 0.3) is 12.5 Å². The van der Waals surface area contributed by atoms with Crippen molar-refractivity contribution in [2.24, 2.45) is 0 Å². The summed E-state index contributed by atoms with van der Waals surface area (Å²) < 4.78 is 9.94. The van der Waals surface area contributed by atoms with Crippen molar-refractivity contribution in [3.8, 4) is 24.0 Å². The normalized spacial score (nSPS) is 16.9. The third-order valence-electron chi connectivity index (χ3n) is 5.85. The number of rotatable bonds is 4. The minimum atomic E-state index is -0.0757. The Kier molecular flexibility index (Phi) is 6.93. The predicted molar refractivity (Wildman–Crippen MR) is 108 cm³/mol. The molecule has 0 aromatic heterocycles. The van der Waals surface area contributed by atoms with E-state index >= 15 is 0 Å². The Bertz CT molecular complexity index is 757. The molecular weight excluding hydrogens is 348 g/mol. The van der Waals surface area contributed by atoms with E-state index in [1.165, 1.54) is 56.1 Å². The molecule has 0 N–H and O–H groups in total. The minimum absolute atomic E-state index is 0.0757. The van der Waals surface area contributed by atoms with Gasteiger partial charge in [0.05, 0.1) is 0 Å². The number of benzene rings is 2. The number of nitriles is 2. The van der Waals surface area contributed by atoms with E-state index in [2.05, 4.69) is 24.3 Å². The molecule has 1 aliphatic rings. The van der Waals surface area contributed by atoms with Gasteiger partial charge in [0.15, 0.2) is 0 Å². The molecule has 1 saturated carbocycles. The second kappa shape index (κ2) is 9.81. The third kappa shape index (κ3) is 4.65. The molecule has 0 amide bonds. The molecule has 0 bridgehead atoms. The van der Waals surface area contributed by atoms with E-state index in [0.29, 0.717) is 11.5 Å². The highest BCUT2D eigenvalue weighted by Gasteiger charge is 2.33. The Hall–Kier alpha value is -2.98. The molecule has 0 saturated heterocycles. The van der Waals surface area contributed by atoms with E-state index in [-0.39, 0.29) is 5.41 Å². The van der Waals surface area contributed by atoms with Gasteiger partial charge in [0.1, 0.15) is 11.5 Å². The van der Waals surface area contributed by atoms with Crippen LogP contribution in [0.1, 0.15) is 68.9 Å². The Balaban J connectivity index is 2.00. The lowest BCUT2D eigenvalue weighted by atomic mass is 9.67. The van der Waals surface area contributed by atoms with Crippen molar-refractivity contribution in [1.82, 2.24) is 0 Å². The van der Waals surface area contributed by atoms with Crippen molar-refractivity contribution in [2.45, 2.75) is 63.2 Å². The van der Waals surface area contributed by atoms with Crippen LogP contribution in [0.4, 0.5) is 0 Å². The van der Waals surface area contributed by atoms with Crippen LogP contribution >= 0.6 is 0 Å². The first-order valence-electron chi connectivity index (χ1n) is 10.1. The largest absolute Gasteiger partial charge is 0.388 e. The van der Waals surface area contributed by atoms with Gasteiger partial charge >= 0.3 is 0 Å². The van der Waals surface area contributed by atoms with Crippen LogP contribution in [-0.2, 0) is 5.41 Å². The maximum absolute atomic E-state index is 8.76. The first kappa shape index (κ1) is 19.8. The molecule has 0 heterocycles. The van der Waals surface area contributed by atoms with Gasteiger partial charge in [-0.15, -0.1) is 10.5 Å². The summed E-state index contributed by atoms with van der Waals surface area (Å²) in [7, 11) is 0. The van der Waals surface area contributed by atoms with E-state index < -0.39 is 0 Å². The quantitative estimate of drug-likeness (QED) is 0.596. The molecule has 0 aliphatic heterocycles. The highest BCUT2D eigenvalue weighted by atomic mass is 16.5. The fraction of sp³-hybridized carbons (Fsp3) is 0.417. The topological polar surface area (TPSA) is 66.0 Å². The maximum Gasteiger partial charge on any atom is 0.292 e. The molecule has 28 heavy (non-hydrogen) atoms. The molecule has 2 aromatic carbocycles. The van der Waals surface area contributed by atoms with Crippen molar-refractivity contribution in [1.29, 1.82) is 10.5 Å². The van der Waals surface area contributed by atoms with E-state index in [1.54, 1.807) is 12.5 Å². The Morgan fingerprint density at radius 2 is 0.929 bits per heavy atom. The van der Waals surface area contributed by atoms with E-state index in [4.69, 9.17) is 20.0 Å². The molecule has 0 atom stereocenters. The second-order valence-corrected chi connectivity index (χ2v) is 7.49. The number of ether oxygens (including phenoxy) is 2. The SMILES string of the molecule is N#COc1ccc(C2(c3ccc(OC#N)cc3)CCCCCCCCC2)cc1. The summed E-state index contributed by atoms with van der Waals surface area (Å²) in [6.07, 6.45) is 14.5. The molecular formula is C24H26N2O2. The number of nitrogens with zero attached hydrogens (tertiary/aromatic N) is 2. The first-order chi connectivity index (χ1) is 13.8. The van der Waals surface area contributed by atoms with Gasteiger partial charge in [-0.1, -0.05) is 69.2 Å². The Labute approximate surface area is 167 Å². The highest BCUT2D eigenvalue weighted by Crippen LogP contribution is 2.43. The standard InChI is InChI=1S/C24H26N2O2/c25-18-27-22-12-8-20(9-13-22)24(16-6-4-2-1-3-5-7-17-24)21-10-14-23(15-11-21)28-19-26/h8-15H,1-7,16-17H2. The van der Waals surface area contributed by atoms with Gasteiger partial charge in [-0.05, 0) is 48.2 Å². The van der Waals surface area contributed by atoms with Gasteiger partial charge in [-0.3, -0.25) is 0 Å². The predicted octanol–water partition coefficient (Wildman–Crippen LogP) is 6.22. The second-order valence-electron chi connectivity index (χ2n) is 7.49. The summed E-state index contributed by atoms with van der Waals surface area (Å²) in [5.41, 5.74) is 2.44. The van der Waals surface area contributed by atoms with Crippen LogP contribution in [-0.4, -0.2) is 0 Å². The average molecular weight is 374 g/mol. The molecule has 3 rings (SSSR count). The van der Waals surface area contributed by atoms with Crippen LogP contribution in [0.3, 0.4) is 0 Å². The van der Waals surface area contributed by atoms with Crippen LogP contribution in [0.5, 0.6) is 11.5 Å². The van der Waals surface area contributed by atoms with E-state index in [0.717, 1.165) is 12.8 Å². The third-order valence-corrected chi connectivity index (χ3v) is 5.85. The summed E-state index contributed by atoms with van der Waals surface area (Å²) in [4.78, 5) is 0. The summed E-state index contributed by atoms with van der Waals surface area (Å²) in [5.74, 6) is 1.14. The lowest BCUT2D eigenvalue weighted by molar-refractivity contribution is 0.376. The summed E-state index contributed by atoms with van der Waals surface area (Å²) in [6, 6.07) is 15.9. The minimum Gasteiger partial charge on any atom is -0.388 e. The molecule has 4 heteroatoms. The van der Waals surface area contributed by atoms with Gasteiger partial charge in [0, 0.05) is 5.41 Å². The van der Waals surface area contributed by atoms with E-state index in [1.807, 2.05) is 24.3 Å². The Morgan fingerprint density at radius 3 is 1.29 bits per heavy atom. The maximum atomic E-state index is 8.76. The number of hydrogen-bond donors (Lipinski definition) is 0. The molecule has 4 nitrogen and oxygen atoms in total. The van der Waals surface area contributed by atoms with Crippen molar-refractivity contribution in [2.75, 3.05) is 0 Å². The smallest absolute Gasteiger partial charge is 0.292 e. The fourth-order valence-electron chi connectivity index (χ4n) is 4.40. The molecule has 1 aliphatic carbocycles. The zero-order chi connectivity index (χ0) is 19.7. The monoisotopic (exact) mass is 374 g/mol. The van der Waals surface area contributed by atoms with E-state index in [9.17, 15) is 0 Å². The molecule has 144 valence electrons. The van der Waals surface area contributed by atoms with Crippen molar-refractivity contribution in [3.63, 3.8) is 0 Å². The summed E-state index contributed by atoms with van der Waals surface area (Å²) in [5, 5.41) is 17.5. The van der Waals surface area contributed by atoms with Crippen LogP contribution in [0.2, 0.25) is 0 Å². The lowest BCUT2D eigenvalue weighted by Crippen LogP contribution is -2.28. The molecule has 0 spiro atoms. The summed E-state index contributed by atoms with van der Waals surface area (Å²) >= 11 is 0. The molecule has 2 aromatic rings. The van der Waals surface area contributed by atoms with Gasteiger partial charge in [0.2, 0.25) is 0 Å².